The van der Waals surface area contributed by atoms with Gasteiger partial charge in [-0.25, -0.2) is 9.78 Å². The molecule has 6 nitrogen and oxygen atoms in total. The van der Waals surface area contributed by atoms with Crippen LogP contribution in [0.3, 0.4) is 0 Å². The van der Waals surface area contributed by atoms with Gasteiger partial charge < -0.3 is 14.7 Å². The van der Waals surface area contributed by atoms with Gasteiger partial charge in [0.25, 0.3) is 0 Å². The minimum Gasteiger partial charge on any atom is -0.478 e. The number of aromatic nitrogens is 1. The van der Waals surface area contributed by atoms with E-state index in [0.717, 1.165) is 56.8 Å². The second kappa shape index (κ2) is 6.22. The van der Waals surface area contributed by atoms with Crippen LogP contribution >= 0.6 is 0 Å². The molecule has 0 bridgehead atoms. The summed E-state index contributed by atoms with van der Waals surface area (Å²) >= 11 is 0. The standard InChI is InChI=1S/C16H23N3O3/c1-3-18(2)15-14(16(20)21)13-4-6-19(9-11(13)8-17-15)12-5-7-22-10-12/h8,12H,3-7,9-10H2,1-2H3,(H,20,21)/t12-/m1/s1. The third kappa shape index (κ3) is 2.68. The number of pyridine rings is 1. The molecule has 1 N–H and O–H groups in total. The van der Waals surface area contributed by atoms with Gasteiger partial charge in [-0.1, -0.05) is 0 Å². The van der Waals surface area contributed by atoms with Crippen LogP contribution < -0.4 is 4.90 Å². The highest BCUT2D eigenvalue weighted by atomic mass is 16.5. The molecule has 22 heavy (non-hydrogen) atoms. The summed E-state index contributed by atoms with van der Waals surface area (Å²) in [6.45, 7) is 6.00. The molecule has 0 saturated carbocycles. The Hall–Kier alpha value is -1.66. The Kier molecular flexibility index (Phi) is 4.31. The van der Waals surface area contributed by atoms with Crippen LogP contribution in [-0.2, 0) is 17.7 Å². The number of ether oxygens (including phenoxy) is 1. The smallest absolute Gasteiger partial charge is 0.339 e. The number of carboxylic acids is 1. The number of anilines is 1. The van der Waals surface area contributed by atoms with Crippen molar-refractivity contribution in [3.8, 4) is 0 Å². The zero-order valence-corrected chi connectivity index (χ0v) is 13.2. The van der Waals surface area contributed by atoms with E-state index in [-0.39, 0.29) is 0 Å². The molecule has 0 unspecified atom stereocenters. The topological polar surface area (TPSA) is 65.9 Å². The van der Waals surface area contributed by atoms with E-state index in [1.54, 1.807) is 0 Å². The first-order valence-corrected chi connectivity index (χ1v) is 7.88. The Labute approximate surface area is 130 Å². The van der Waals surface area contributed by atoms with E-state index in [1.165, 1.54) is 0 Å². The van der Waals surface area contributed by atoms with E-state index >= 15 is 0 Å². The predicted molar refractivity (Wildman–Crippen MR) is 83.5 cm³/mol. The minimum absolute atomic E-state index is 0.379. The second-order valence-electron chi connectivity index (χ2n) is 6.02. The maximum atomic E-state index is 11.8. The molecule has 120 valence electrons. The molecule has 1 aromatic heterocycles. The summed E-state index contributed by atoms with van der Waals surface area (Å²) in [5.41, 5.74) is 2.38. The van der Waals surface area contributed by atoms with Gasteiger partial charge in [-0.2, -0.15) is 0 Å². The molecule has 6 heteroatoms. The van der Waals surface area contributed by atoms with Gasteiger partial charge in [-0.15, -0.1) is 0 Å². The molecular formula is C16H23N3O3. The number of rotatable bonds is 4. The molecule has 1 atom stereocenters. The van der Waals surface area contributed by atoms with Gasteiger partial charge in [0.05, 0.1) is 6.61 Å². The summed E-state index contributed by atoms with van der Waals surface area (Å²) in [7, 11) is 1.88. The lowest BCUT2D eigenvalue weighted by Gasteiger charge is -2.34. The maximum absolute atomic E-state index is 11.8. The van der Waals surface area contributed by atoms with Crippen molar-refractivity contribution < 1.29 is 14.6 Å². The summed E-state index contributed by atoms with van der Waals surface area (Å²) < 4.78 is 5.47. The molecule has 0 aliphatic carbocycles. The predicted octanol–water partition coefficient (Wildman–Crippen LogP) is 1.38. The summed E-state index contributed by atoms with van der Waals surface area (Å²) in [4.78, 5) is 20.5. The zero-order valence-electron chi connectivity index (χ0n) is 13.2. The number of hydrogen-bond acceptors (Lipinski definition) is 5. The van der Waals surface area contributed by atoms with Crippen LogP contribution in [0.25, 0.3) is 0 Å². The van der Waals surface area contributed by atoms with Crippen molar-refractivity contribution >= 4 is 11.8 Å². The van der Waals surface area contributed by atoms with Gasteiger partial charge in [0.15, 0.2) is 0 Å². The first kappa shape index (κ1) is 15.2. The fourth-order valence-corrected chi connectivity index (χ4v) is 3.34. The van der Waals surface area contributed by atoms with Crippen LogP contribution in [0.2, 0.25) is 0 Å². The lowest BCUT2D eigenvalue weighted by Crippen LogP contribution is -2.40. The maximum Gasteiger partial charge on any atom is 0.339 e. The van der Waals surface area contributed by atoms with E-state index in [0.29, 0.717) is 17.4 Å². The van der Waals surface area contributed by atoms with E-state index in [9.17, 15) is 9.90 Å². The number of nitrogens with zero attached hydrogens (tertiary/aromatic N) is 3. The molecule has 1 fully saturated rings. The molecule has 1 saturated heterocycles. The van der Waals surface area contributed by atoms with Crippen molar-refractivity contribution in [3.63, 3.8) is 0 Å². The molecule has 0 aromatic carbocycles. The fourth-order valence-electron chi connectivity index (χ4n) is 3.34. The fraction of sp³-hybridized carbons (Fsp3) is 0.625. The Bertz CT molecular complexity index is 570. The number of fused-ring (bicyclic) bond motifs is 1. The number of carbonyl (C=O) groups is 1. The highest BCUT2D eigenvalue weighted by Gasteiger charge is 2.30. The summed E-state index contributed by atoms with van der Waals surface area (Å²) in [6, 6.07) is 0.458. The molecular weight excluding hydrogens is 282 g/mol. The van der Waals surface area contributed by atoms with Gasteiger partial charge >= 0.3 is 5.97 Å². The molecule has 2 aliphatic rings. The normalized spacial score (nSPS) is 21.6. The van der Waals surface area contributed by atoms with E-state index in [4.69, 9.17) is 4.74 Å². The molecule has 0 amide bonds. The summed E-state index contributed by atoms with van der Waals surface area (Å²) in [5, 5.41) is 9.64. The first-order valence-electron chi connectivity index (χ1n) is 7.88. The second-order valence-corrected chi connectivity index (χ2v) is 6.02. The van der Waals surface area contributed by atoms with Gasteiger partial charge in [0.2, 0.25) is 0 Å². The Morgan fingerprint density at radius 2 is 2.41 bits per heavy atom. The van der Waals surface area contributed by atoms with Crippen LogP contribution in [-0.4, -0.2) is 60.4 Å². The van der Waals surface area contributed by atoms with Gasteiger partial charge in [0, 0.05) is 45.5 Å². The number of aromatic carboxylic acids is 1. The third-order valence-electron chi connectivity index (χ3n) is 4.75. The van der Waals surface area contributed by atoms with Crippen molar-refractivity contribution in [3.05, 3.63) is 22.9 Å². The molecule has 2 aliphatic heterocycles. The largest absolute Gasteiger partial charge is 0.478 e. The van der Waals surface area contributed by atoms with E-state index < -0.39 is 5.97 Å². The van der Waals surface area contributed by atoms with Crippen molar-refractivity contribution in [1.82, 2.24) is 9.88 Å². The van der Waals surface area contributed by atoms with Gasteiger partial charge in [0.1, 0.15) is 11.4 Å². The zero-order chi connectivity index (χ0) is 15.7. The Morgan fingerprint density at radius 3 is 3.05 bits per heavy atom. The third-order valence-corrected chi connectivity index (χ3v) is 4.75. The molecule has 3 rings (SSSR count). The highest BCUT2D eigenvalue weighted by Crippen LogP contribution is 2.30. The van der Waals surface area contributed by atoms with E-state index in [2.05, 4.69) is 9.88 Å². The average molecular weight is 305 g/mol. The Balaban J connectivity index is 1.93. The van der Waals surface area contributed by atoms with E-state index in [1.807, 2.05) is 25.1 Å². The number of carboxylic acid groups (broad SMARTS) is 1. The molecule has 0 spiro atoms. The minimum atomic E-state index is -0.878. The number of hydrogen-bond donors (Lipinski definition) is 1. The molecule has 0 radical (unpaired) electrons. The SMILES string of the molecule is CCN(C)c1ncc2c(c1C(=O)O)CCN([C@@H]1CCOC1)C2. The summed E-state index contributed by atoms with van der Waals surface area (Å²) in [6.07, 6.45) is 3.68. The van der Waals surface area contributed by atoms with Crippen LogP contribution in [0.4, 0.5) is 5.82 Å². The Morgan fingerprint density at radius 1 is 1.59 bits per heavy atom. The van der Waals surface area contributed by atoms with Crippen LogP contribution in [0.1, 0.15) is 34.8 Å². The monoisotopic (exact) mass is 305 g/mol. The summed E-state index contributed by atoms with van der Waals surface area (Å²) in [5.74, 6) is -0.302. The van der Waals surface area contributed by atoms with Crippen molar-refractivity contribution in [2.75, 3.05) is 38.3 Å². The van der Waals surface area contributed by atoms with Crippen molar-refractivity contribution in [1.29, 1.82) is 0 Å². The van der Waals surface area contributed by atoms with Gasteiger partial charge in [-0.3, -0.25) is 4.90 Å². The molecule has 3 heterocycles. The van der Waals surface area contributed by atoms with Crippen LogP contribution in [0.5, 0.6) is 0 Å². The highest BCUT2D eigenvalue weighted by molar-refractivity contribution is 5.95. The van der Waals surface area contributed by atoms with Crippen LogP contribution in [0.15, 0.2) is 6.20 Å². The average Bonchev–Trinajstić information content (AvgIpc) is 3.06. The first-order chi connectivity index (χ1) is 10.6. The van der Waals surface area contributed by atoms with Crippen molar-refractivity contribution in [2.24, 2.45) is 0 Å². The lowest BCUT2D eigenvalue weighted by atomic mass is 9.95. The van der Waals surface area contributed by atoms with Gasteiger partial charge in [-0.05, 0) is 30.9 Å². The molecule has 1 aromatic rings. The lowest BCUT2D eigenvalue weighted by molar-refractivity contribution is 0.0694. The van der Waals surface area contributed by atoms with Crippen molar-refractivity contribution in [2.45, 2.75) is 32.4 Å². The van der Waals surface area contributed by atoms with Crippen LogP contribution in [0, 0.1) is 0 Å². The quantitative estimate of drug-likeness (QED) is 0.906.